The lowest BCUT2D eigenvalue weighted by Crippen LogP contribution is -2.30. The van der Waals surface area contributed by atoms with Gasteiger partial charge in [0.25, 0.3) is 0 Å². The van der Waals surface area contributed by atoms with Crippen LogP contribution in [0.4, 0.5) is 5.69 Å². The highest BCUT2D eigenvalue weighted by Crippen LogP contribution is 2.33. The van der Waals surface area contributed by atoms with Crippen LogP contribution in [0.1, 0.15) is 23.7 Å². The second-order valence-corrected chi connectivity index (χ2v) is 9.21. The average molecular weight is 413 g/mol. The van der Waals surface area contributed by atoms with Gasteiger partial charge in [-0.05, 0) is 43.2 Å². The van der Waals surface area contributed by atoms with Crippen molar-refractivity contribution < 1.29 is 13.2 Å². The van der Waals surface area contributed by atoms with E-state index in [1.54, 1.807) is 18.5 Å². The van der Waals surface area contributed by atoms with Crippen LogP contribution < -0.4 is 9.64 Å². The van der Waals surface area contributed by atoms with Gasteiger partial charge in [0.2, 0.25) is 0 Å². The van der Waals surface area contributed by atoms with E-state index in [9.17, 15) is 8.42 Å². The van der Waals surface area contributed by atoms with E-state index < -0.39 is 9.84 Å². The van der Waals surface area contributed by atoms with Crippen molar-refractivity contribution in [2.75, 3.05) is 24.3 Å². The number of ether oxygens (including phenoxy) is 1. The van der Waals surface area contributed by atoms with Gasteiger partial charge in [0.15, 0.2) is 14.9 Å². The molecule has 152 valence electrons. The second kappa shape index (κ2) is 7.51. The summed E-state index contributed by atoms with van der Waals surface area (Å²) in [5, 5.41) is 0.111. The Morgan fingerprint density at radius 2 is 2.10 bits per heavy atom. The summed E-state index contributed by atoms with van der Waals surface area (Å²) in [6.07, 6.45) is 7.26. The van der Waals surface area contributed by atoms with Crippen LogP contribution in [0, 0.1) is 6.92 Å². The molecule has 1 N–H and O–H groups in total. The number of sulfone groups is 1. The Morgan fingerprint density at radius 1 is 1.28 bits per heavy atom. The topological polar surface area (TPSA) is 88.2 Å². The summed E-state index contributed by atoms with van der Waals surface area (Å²) >= 11 is 0. The Bertz CT molecular complexity index is 1150. The molecular weight excluding hydrogens is 388 g/mol. The van der Waals surface area contributed by atoms with Crippen molar-refractivity contribution in [3.05, 3.63) is 53.6 Å². The van der Waals surface area contributed by atoms with Gasteiger partial charge < -0.3 is 14.6 Å². The van der Waals surface area contributed by atoms with E-state index in [4.69, 9.17) is 4.74 Å². The minimum Gasteiger partial charge on any atom is -0.493 e. The summed E-state index contributed by atoms with van der Waals surface area (Å²) in [5.74, 6) is 0.814. The summed E-state index contributed by atoms with van der Waals surface area (Å²) in [5.41, 5.74) is 6.24. The smallest absolute Gasteiger partial charge is 0.192 e. The Morgan fingerprint density at radius 3 is 2.83 bits per heavy atom. The number of nitrogens with one attached hydrogen (secondary N) is 1. The number of aryl methyl sites for hydroxylation is 1. The molecule has 0 fully saturated rings. The third kappa shape index (κ3) is 3.85. The third-order valence-electron chi connectivity index (χ3n) is 5.13. The molecule has 3 aromatic heterocycles. The van der Waals surface area contributed by atoms with Crippen molar-refractivity contribution in [3.8, 4) is 17.0 Å². The van der Waals surface area contributed by atoms with Crippen LogP contribution in [-0.4, -0.2) is 42.8 Å². The number of aromatic nitrogens is 3. The average Bonchev–Trinajstić information content (AvgIpc) is 3.11. The molecular formula is C21H24N4O3S. The molecule has 8 heteroatoms. The summed E-state index contributed by atoms with van der Waals surface area (Å²) in [6.45, 7) is 6.05. The van der Waals surface area contributed by atoms with Gasteiger partial charge in [-0.2, -0.15) is 0 Å². The van der Waals surface area contributed by atoms with Crippen molar-refractivity contribution in [2.45, 2.75) is 31.8 Å². The molecule has 0 saturated carbocycles. The van der Waals surface area contributed by atoms with E-state index in [2.05, 4.69) is 25.9 Å². The van der Waals surface area contributed by atoms with Gasteiger partial charge in [-0.15, -0.1) is 0 Å². The summed E-state index contributed by atoms with van der Waals surface area (Å²) in [4.78, 5) is 14.2. The Hall–Kier alpha value is -2.87. The van der Waals surface area contributed by atoms with Crippen molar-refractivity contribution in [1.82, 2.24) is 15.0 Å². The van der Waals surface area contributed by atoms with Gasteiger partial charge in [-0.1, -0.05) is 0 Å². The first-order chi connectivity index (χ1) is 13.9. The van der Waals surface area contributed by atoms with Gasteiger partial charge in [0.1, 0.15) is 5.75 Å². The monoisotopic (exact) mass is 412 g/mol. The maximum atomic E-state index is 11.8. The van der Waals surface area contributed by atoms with Crippen LogP contribution >= 0.6 is 0 Å². The fourth-order valence-corrected chi connectivity index (χ4v) is 4.34. The number of nitrogens with zero attached hydrogens (tertiary/aromatic N) is 3. The van der Waals surface area contributed by atoms with Crippen LogP contribution in [0.2, 0.25) is 0 Å². The zero-order valence-electron chi connectivity index (χ0n) is 16.8. The van der Waals surface area contributed by atoms with E-state index in [0.717, 1.165) is 47.8 Å². The number of fused-ring (bicyclic) bond motifs is 1. The minimum absolute atomic E-state index is 0.111. The molecule has 0 saturated heterocycles. The van der Waals surface area contributed by atoms with E-state index in [0.29, 0.717) is 6.61 Å². The van der Waals surface area contributed by atoms with Gasteiger partial charge in [-0.25, -0.2) is 13.4 Å². The highest BCUT2D eigenvalue weighted by atomic mass is 32.2. The number of anilines is 1. The molecule has 0 aliphatic carbocycles. The first-order valence-electron chi connectivity index (χ1n) is 9.56. The standard InChI is InChI=1S/C21H24N4O3S/c1-4-28-20-5-7-22-11-16(20)18-10-15-13-25(8-6-17(15)24-18)19-12-23-21(9-14(19)2)29(3,26)27/h5,7,9-12,24H,4,6,8,13H2,1-3H3. The maximum absolute atomic E-state index is 11.8. The molecule has 1 aliphatic heterocycles. The fraction of sp³-hybridized carbons (Fsp3) is 0.333. The fourth-order valence-electron chi connectivity index (χ4n) is 3.71. The predicted molar refractivity (Wildman–Crippen MR) is 112 cm³/mol. The molecule has 4 heterocycles. The molecule has 0 radical (unpaired) electrons. The van der Waals surface area contributed by atoms with Gasteiger partial charge in [0, 0.05) is 43.9 Å². The van der Waals surface area contributed by atoms with Gasteiger partial charge in [0.05, 0.1) is 29.7 Å². The van der Waals surface area contributed by atoms with Crippen LogP contribution in [-0.2, 0) is 22.8 Å². The Labute approximate surface area is 170 Å². The normalized spacial score (nSPS) is 14.0. The van der Waals surface area contributed by atoms with Crippen LogP contribution in [0.3, 0.4) is 0 Å². The van der Waals surface area contributed by atoms with Crippen molar-refractivity contribution in [1.29, 1.82) is 0 Å². The highest BCUT2D eigenvalue weighted by molar-refractivity contribution is 7.90. The number of hydrogen-bond donors (Lipinski definition) is 1. The SMILES string of the molecule is CCOc1ccncc1-c1cc2c([nH]1)CCN(c1cnc(S(C)(=O)=O)cc1C)C2. The zero-order valence-corrected chi connectivity index (χ0v) is 17.6. The number of pyridine rings is 2. The Balaban J connectivity index is 1.62. The molecule has 0 atom stereocenters. The molecule has 0 spiro atoms. The molecule has 1 aliphatic rings. The number of rotatable bonds is 5. The molecule has 0 aromatic carbocycles. The van der Waals surface area contributed by atoms with Crippen molar-refractivity contribution in [2.24, 2.45) is 0 Å². The molecule has 4 rings (SSSR count). The summed E-state index contributed by atoms with van der Waals surface area (Å²) < 4.78 is 29.2. The maximum Gasteiger partial charge on any atom is 0.192 e. The van der Waals surface area contributed by atoms with E-state index >= 15 is 0 Å². The summed E-state index contributed by atoms with van der Waals surface area (Å²) in [6, 6.07) is 5.67. The predicted octanol–water partition coefficient (Wildman–Crippen LogP) is 3.15. The number of aromatic amines is 1. The number of hydrogen-bond acceptors (Lipinski definition) is 6. The lowest BCUT2D eigenvalue weighted by molar-refractivity contribution is 0.341. The van der Waals surface area contributed by atoms with Crippen LogP contribution in [0.25, 0.3) is 11.3 Å². The molecule has 0 unspecified atom stereocenters. The lowest BCUT2D eigenvalue weighted by atomic mass is 10.1. The van der Waals surface area contributed by atoms with Crippen molar-refractivity contribution in [3.63, 3.8) is 0 Å². The van der Waals surface area contributed by atoms with Crippen LogP contribution in [0.15, 0.2) is 41.8 Å². The molecule has 29 heavy (non-hydrogen) atoms. The molecule has 0 amide bonds. The highest BCUT2D eigenvalue weighted by Gasteiger charge is 2.22. The number of H-pyrrole nitrogens is 1. The van der Waals surface area contributed by atoms with E-state index in [1.165, 1.54) is 17.5 Å². The molecule has 7 nitrogen and oxygen atoms in total. The third-order valence-corrected chi connectivity index (χ3v) is 6.12. The second-order valence-electron chi connectivity index (χ2n) is 7.24. The minimum atomic E-state index is -3.31. The van der Waals surface area contributed by atoms with Gasteiger partial charge >= 0.3 is 0 Å². The zero-order chi connectivity index (χ0) is 20.6. The van der Waals surface area contributed by atoms with E-state index in [1.807, 2.05) is 26.1 Å². The van der Waals surface area contributed by atoms with Crippen molar-refractivity contribution >= 4 is 15.5 Å². The first-order valence-corrected chi connectivity index (χ1v) is 11.5. The van der Waals surface area contributed by atoms with Gasteiger partial charge in [-0.3, -0.25) is 4.98 Å². The Kier molecular flexibility index (Phi) is 5.04. The largest absolute Gasteiger partial charge is 0.493 e. The lowest BCUT2D eigenvalue weighted by Gasteiger charge is -2.30. The quantitative estimate of drug-likeness (QED) is 0.693. The summed E-state index contributed by atoms with van der Waals surface area (Å²) in [7, 11) is -3.31. The first kappa shape index (κ1) is 19.4. The van der Waals surface area contributed by atoms with Crippen LogP contribution in [0.5, 0.6) is 5.75 Å². The van der Waals surface area contributed by atoms with E-state index in [-0.39, 0.29) is 5.03 Å². The molecule has 3 aromatic rings. The molecule has 0 bridgehead atoms.